The maximum absolute atomic E-state index is 12.8. The van der Waals surface area contributed by atoms with Crippen LogP contribution in [0.25, 0.3) is 0 Å². The van der Waals surface area contributed by atoms with Crippen LogP contribution >= 0.6 is 15.9 Å². The van der Waals surface area contributed by atoms with Crippen molar-refractivity contribution in [1.82, 2.24) is 4.90 Å². The molecule has 2 heterocycles. The van der Waals surface area contributed by atoms with Gasteiger partial charge in [-0.25, -0.2) is 0 Å². The molecule has 0 saturated carbocycles. The van der Waals surface area contributed by atoms with Crippen molar-refractivity contribution in [3.8, 4) is 0 Å². The standard InChI is InChI=1S/C17H18BrNO3/c18-14-7-5-13(6-8-14)17(20)19(11-15-3-1-9-21-15)12-16-4-2-10-22-16/h1,3,5-9,16H,2,4,10-12H2. The Kier molecular flexibility index (Phi) is 4.95. The molecule has 0 radical (unpaired) electrons. The predicted molar refractivity (Wildman–Crippen MR) is 86.6 cm³/mol. The van der Waals surface area contributed by atoms with E-state index in [0.29, 0.717) is 18.7 Å². The molecule has 5 heteroatoms. The number of halogens is 1. The molecule has 1 fully saturated rings. The second kappa shape index (κ2) is 7.11. The Balaban J connectivity index is 1.76. The lowest BCUT2D eigenvalue weighted by molar-refractivity contribution is 0.0491. The largest absolute Gasteiger partial charge is 0.467 e. The molecule has 0 N–H and O–H groups in total. The highest BCUT2D eigenvalue weighted by molar-refractivity contribution is 9.10. The lowest BCUT2D eigenvalue weighted by Crippen LogP contribution is -2.36. The van der Waals surface area contributed by atoms with Crippen molar-refractivity contribution >= 4 is 21.8 Å². The Morgan fingerprint density at radius 3 is 2.73 bits per heavy atom. The molecule has 1 aliphatic heterocycles. The molecule has 1 atom stereocenters. The van der Waals surface area contributed by atoms with Crippen LogP contribution in [0, 0.1) is 0 Å². The number of carbonyl (C=O) groups is 1. The summed E-state index contributed by atoms with van der Waals surface area (Å²) in [5, 5.41) is 0. The van der Waals surface area contributed by atoms with Gasteiger partial charge in [0.05, 0.1) is 18.9 Å². The van der Waals surface area contributed by atoms with Crippen molar-refractivity contribution in [3.63, 3.8) is 0 Å². The normalized spacial score (nSPS) is 17.6. The first kappa shape index (κ1) is 15.3. The summed E-state index contributed by atoms with van der Waals surface area (Å²) in [6.07, 6.45) is 3.81. The number of hydrogen-bond acceptors (Lipinski definition) is 3. The lowest BCUT2D eigenvalue weighted by atomic mass is 10.1. The average molecular weight is 364 g/mol. The summed E-state index contributed by atoms with van der Waals surface area (Å²) in [6.45, 7) is 1.84. The molecule has 22 heavy (non-hydrogen) atoms. The highest BCUT2D eigenvalue weighted by atomic mass is 79.9. The van der Waals surface area contributed by atoms with Gasteiger partial charge in [0.15, 0.2) is 0 Å². The molecular weight excluding hydrogens is 346 g/mol. The van der Waals surface area contributed by atoms with Crippen LogP contribution < -0.4 is 0 Å². The quantitative estimate of drug-likeness (QED) is 0.809. The van der Waals surface area contributed by atoms with Gasteiger partial charge in [-0.2, -0.15) is 0 Å². The number of hydrogen-bond donors (Lipinski definition) is 0. The molecule has 1 aromatic heterocycles. The summed E-state index contributed by atoms with van der Waals surface area (Å²) in [5.74, 6) is 0.780. The fourth-order valence-corrected chi connectivity index (χ4v) is 2.88. The van der Waals surface area contributed by atoms with Gasteiger partial charge in [-0.05, 0) is 49.2 Å². The van der Waals surface area contributed by atoms with Crippen molar-refractivity contribution in [1.29, 1.82) is 0 Å². The van der Waals surface area contributed by atoms with Gasteiger partial charge >= 0.3 is 0 Å². The molecule has 1 amide bonds. The molecule has 2 aromatic rings. The molecule has 1 saturated heterocycles. The van der Waals surface area contributed by atoms with E-state index >= 15 is 0 Å². The first-order chi connectivity index (χ1) is 10.7. The van der Waals surface area contributed by atoms with Crippen LogP contribution in [-0.2, 0) is 11.3 Å². The van der Waals surface area contributed by atoms with Crippen LogP contribution in [0.2, 0.25) is 0 Å². The maximum Gasteiger partial charge on any atom is 0.254 e. The van der Waals surface area contributed by atoms with Crippen molar-refractivity contribution < 1.29 is 13.9 Å². The lowest BCUT2D eigenvalue weighted by Gasteiger charge is -2.24. The highest BCUT2D eigenvalue weighted by Gasteiger charge is 2.24. The predicted octanol–water partition coefficient (Wildman–Crippen LogP) is 3.86. The van der Waals surface area contributed by atoms with Gasteiger partial charge in [0.25, 0.3) is 5.91 Å². The third kappa shape index (κ3) is 3.78. The van der Waals surface area contributed by atoms with E-state index in [-0.39, 0.29) is 12.0 Å². The highest BCUT2D eigenvalue weighted by Crippen LogP contribution is 2.18. The first-order valence-corrected chi connectivity index (χ1v) is 8.20. The van der Waals surface area contributed by atoms with Crippen molar-refractivity contribution in [2.24, 2.45) is 0 Å². The summed E-state index contributed by atoms with van der Waals surface area (Å²) in [4.78, 5) is 14.6. The number of amides is 1. The molecule has 4 nitrogen and oxygen atoms in total. The summed E-state index contributed by atoms with van der Waals surface area (Å²) in [7, 11) is 0. The van der Waals surface area contributed by atoms with Crippen LogP contribution in [0.1, 0.15) is 29.0 Å². The van der Waals surface area contributed by atoms with E-state index in [1.54, 1.807) is 11.2 Å². The van der Waals surface area contributed by atoms with Crippen LogP contribution in [0.3, 0.4) is 0 Å². The van der Waals surface area contributed by atoms with E-state index in [2.05, 4.69) is 15.9 Å². The Morgan fingerprint density at radius 2 is 2.09 bits per heavy atom. The topological polar surface area (TPSA) is 42.7 Å². The van der Waals surface area contributed by atoms with Gasteiger partial charge in [-0.1, -0.05) is 15.9 Å². The number of benzene rings is 1. The van der Waals surface area contributed by atoms with E-state index < -0.39 is 0 Å². The number of ether oxygens (including phenoxy) is 1. The van der Waals surface area contributed by atoms with Crippen molar-refractivity contribution in [2.45, 2.75) is 25.5 Å². The zero-order valence-electron chi connectivity index (χ0n) is 12.2. The summed E-state index contributed by atoms with van der Waals surface area (Å²) < 4.78 is 12.0. The maximum atomic E-state index is 12.8. The summed E-state index contributed by atoms with van der Waals surface area (Å²) >= 11 is 3.39. The second-order valence-electron chi connectivity index (χ2n) is 5.41. The second-order valence-corrected chi connectivity index (χ2v) is 6.32. The van der Waals surface area contributed by atoms with E-state index in [1.165, 1.54) is 0 Å². The molecule has 1 aliphatic rings. The van der Waals surface area contributed by atoms with Gasteiger partial charge in [0, 0.05) is 23.2 Å². The fraction of sp³-hybridized carbons (Fsp3) is 0.353. The third-order valence-corrected chi connectivity index (χ3v) is 4.28. The molecule has 1 aromatic carbocycles. The Labute approximate surface area is 138 Å². The minimum absolute atomic E-state index is 0.000556. The van der Waals surface area contributed by atoms with Crippen LogP contribution in [0.5, 0.6) is 0 Å². The van der Waals surface area contributed by atoms with E-state index in [1.807, 2.05) is 36.4 Å². The SMILES string of the molecule is O=C(c1ccc(Br)cc1)N(Cc1ccco1)CC1CCCO1. The van der Waals surface area contributed by atoms with Crippen molar-refractivity contribution in [3.05, 3.63) is 58.5 Å². The molecule has 116 valence electrons. The van der Waals surface area contributed by atoms with E-state index in [0.717, 1.165) is 29.7 Å². The fourth-order valence-electron chi connectivity index (χ4n) is 2.62. The minimum Gasteiger partial charge on any atom is -0.467 e. The number of rotatable bonds is 5. The van der Waals surface area contributed by atoms with Gasteiger partial charge in [0.1, 0.15) is 5.76 Å². The Morgan fingerprint density at radius 1 is 1.27 bits per heavy atom. The van der Waals surface area contributed by atoms with Gasteiger partial charge in [-0.15, -0.1) is 0 Å². The van der Waals surface area contributed by atoms with E-state index in [4.69, 9.17) is 9.15 Å². The number of carbonyl (C=O) groups excluding carboxylic acids is 1. The monoisotopic (exact) mass is 363 g/mol. The van der Waals surface area contributed by atoms with Crippen LogP contribution in [-0.4, -0.2) is 30.1 Å². The average Bonchev–Trinajstić information content (AvgIpc) is 3.20. The molecule has 3 rings (SSSR count). The van der Waals surface area contributed by atoms with Crippen LogP contribution in [0.15, 0.2) is 51.6 Å². The number of nitrogens with zero attached hydrogens (tertiary/aromatic N) is 1. The van der Waals surface area contributed by atoms with E-state index in [9.17, 15) is 4.79 Å². The smallest absolute Gasteiger partial charge is 0.254 e. The minimum atomic E-state index is -0.000556. The first-order valence-electron chi connectivity index (χ1n) is 7.41. The number of furan rings is 1. The van der Waals surface area contributed by atoms with Gasteiger partial charge < -0.3 is 14.1 Å². The molecule has 0 spiro atoms. The van der Waals surface area contributed by atoms with Gasteiger partial charge in [0.2, 0.25) is 0 Å². The molecule has 0 bridgehead atoms. The van der Waals surface area contributed by atoms with Crippen molar-refractivity contribution in [2.75, 3.05) is 13.2 Å². The van der Waals surface area contributed by atoms with Gasteiger partial charge in [-0.3, -0.25) is 4.79 Å². The molecule has 1 unspecified atom stereocenters. The Hall–Kier alpha value is -1.59. The summed E-state index contributed by atoms with van der Waals surface area (Å²) in [5.41, 5.74) is 0.674. The zero-order valence-corrected chi connectivity index (χ0v) is 13.8. The molecule has 0 aliphatic carbocycles. The van der Waals surface area contributed by atoms with Crippen LogP contribution in [0.4, 0.5) is 0 Å². The summed E-state index contributed by atoms with van der Waals surface area (Å²) in [6, 6.07) is 11.1. The third-order valence-electron chi connectivity index (χ3n) is 3.75. The zero-order chi connectivity index (χ0) is 15.4. The molecular formula is C17H18BrNO3. The Bertz CT molecular complexity index is 603.